The number of aliphatic hydroxyl groups excluding tert-OH is 2. The van der Waals surface area contributed by atoms with Crippen molar-refractivity contribution in [3.8, 4) is 0 Å². The summed E-state index contributed by atoms with van der Waals surface area (Å²) >= 11 is 0. The molecule has 4 saturated carbocycles. The molecular weight excluding hydrogens is 428 g/mol. The Morgan fingerprint density at radius 3 is 2.47 bits per heavy atom. The molecule has 5 nitrogen and oxygen atoms in total. The molecule has 4 aliphatic carbocycles. The summed E-state index contributed by atoms with van der Waals surface area (Å²) in [5.74, 6) is 3.18. The summed E-state index contributed by atoms with van der Waals surface area (Å²) in [4.78, 5) is 11.1. The summed E-state index contributed by atoms with van der Waals surface area (Å²) in [6.45, 7) is 11.4. The van der Waals surface area contributed by atoms with Crippen LogP contribution in [0.15, 0.2) is 0 Å². The normalized spacial score (nSPS) is 47.8. The van der Waals surface area contributed by atoms with Gasteiger partial charge in [0.2, 0.25) is 0 Å². The number of hydrogen-bond acceptors (Lipinski definition) is 5. The molecule has 196 valence electrons. The van der Waals surface area contributed by atoms with Gasteiger partial charge in [0.15, 0.2) is 0 Å². The van der Waals surface area contributed by atoms with Crippen LogP contribution >= 0.6 is 0 Å². The molecule has 4 aliphatic rings. The van der Waals surface area contributed by atoms with Gasteiger partial charge < -0.3 is 20.1 Å². The predicted molar refractivity (Wildman–Crippen MR) is 133 cm³/mol. The lowest BCUT2D eigenvalue weighted by atomic mass is 9.42. The number of ether oxygens (including phenoxy) is 1. The summed E-state index contributed by atoms with van der Waals surface area (Å²) in [6.07, 6.45) is 9.76. The van der Waals surface area contributed by atoms with Crippen LogP contribution in [0.4, 0.5) is 0 Å². The van der Waals surface area contributed by atoms with Crippen LogP contribution < -0.4 is 0 Å². The van der Waals surface area contributed by atoms with Crippen molar-refractivity contribution in [2.24, 2.45) is 46.3 Å². The van der Waals surface area contributed by atoms with E-state index in [0.717, 1.165) is 31.6 Å². The Morgan fingerprint density at radius 2 is 1.76 bits per heavy atom. The fraction of sp³-hybridized carbons (Fsp3) is 0.966. The third-order valence-electron chi connectivity index (χ3n) is 11.5. The Labute approximate surface area is 207 Å². The van der Waals surface area contributed by atoms with Crippen LogP contribution in [0.25, 0.3) is 0 Å². The minimum absolute atomic E-state index is 0.190. The highest BCUT2D eigenvalue weighted by molar-refractivity contribution is 5.65. The number of rotatable bonds is 7. The second-order valence-electron chi connectivity index (χ2n) is 13.4. The van der Waals surface area contributed by atoms with Crippen LogP contribution in [0.2, 0.25) is 0 Å². The van der Waals surface area contributed by atoms with Gasteiger partial charge in [-0.1, -0.05) is 40.5 Å². The van der Waals surface area contributed by atoms with Gasteiger partial charge in [0.1, 0.15) is 0 Å². The molecule has 4 fully saturated rings. The number of carbonyl (C=O) groups excluding carboxylic acids is 1. The predicted octanol–water partition coefficient (Wildman–Crippen LogP) is 5.10. The molecule has 0 bridgehead atoms. The van der Waals surface area contributed by atoms with E-state index in [1.165, 1.54) is 39.0 Å². The van der Waals surface area contributed by atoms with Gasteiger partial charge in [0.25, 0.3) is 0 Å². The van der Waals surface area contributed by atoms with Crippen molar-refractivity contribution < 1.29 is 24.9 Å². The number of carbonyl (C=O) groups is 1. The molecule has 0 amide bonds. The number of hydrogen-bond donors (Lipinski definition) is 3. The van der Waals surface area contributed by atoms with Crippen molar-refractivity contribution in [2.45, 2.75) is 123 Å². The van der Waals surface area contributed by atoms with E-state index in [4.69, 9.17) is 4.74 Å². The molecular formula is C29H50O5. The average Bonchev–Trinajstić information content (AvgIpc) is 3.12. The van der Waals surface area contributed by atoms with E-state index >= 15 is 0 Å². The number of fused-ring (bicyclic) bond motifs is 5. The first-order chi connectivity index (χ1) is 15.9. The van der Waals surface area contributed by atoms with E-state index in [9.17, 15) is 20.1 Å². The summed E-state index contributed by atoms with van der Waals surface area (Å²) in [5.41, 5.74) is -1.12. The van der Waals surface area contributed by atoms with Gasteiger partial charge in [-0.15, -0.1) is 0 Å². The SMILES string of the molecule is CC(=O)OCC(C)CCC[C@@H](C)[C@H]1CC[C@H]2[C@@H]3C[C@@H](O)[C@@]4(O)C[C@@H](O)CC[C@]4(C)[C@H]3CC[C@]12C. The first kappa shape index (κ1) is 26.4. The largest absolute Gasteiger partial charge is 0.466 e. The lowest BCUT2D eigenvalue weighted by Gasteiger charge is -2.65. The van der Waals surface area contributed by atoms with Crippen molar-refractivity contribution in [3.05, 3.63) is 0 Å². The Kier molecular flexibility index (Phi) is 7.51. The third-order valence-corrected chi connectivity index (χ3v) is 11.5. The summed E-state index contributed by atoms with van der Waals surface area (Å²) in [5, 5.41) is 33.2. The van der Waals surface area contributed by atoms with E-state index in [2.05, 4.69) is 27.7 Å². The van der Waals surface area contributed by atoms with Gasteiger partial charge in [-0.3, -0.25) is 4.79 Å². The molecule has 0 aromatic carbocycles. The minimum Gasteiger partial charge on any atom is -0.466 e. The molecule has 0 spiro atoms. The standard InChI is InChI=1S/C29H50O5/c1-18(17-34-20(3)30)7-6-8-19(2)23-9-10-24-22-15-26(32)29(33)16-21(31)11-14-28(29,5)25(22)12-13-27(23,24)4/h18-19,21-26,31-33H,6-17H2,1-5H3/t18?,19-,21+,22+,23-,24+,25+,26-,27-,28-,29+/m1/s1. The van der Waals surface area contributed by atoms with Crippen molar-refractivity contribution in [2.75, 3.05) is 6.61 Å². The van der Waals surface area contributed by atoms with Crippen LogP contribution in [0.3, 0.4) is 0 Å². The molecule has 3 N–H and O–H groups in total. The number of esters is 1. The van der Waals surface area contributed by atoms with Crippen molar-refractivity contribution in [1.82, 2.24) is 0 Å². The summed E-state index contributed by atoms with van der Waals surface area (Å²) in [6, 6.07) is 0. The maximum atomic E-state index is 11.6. The molecule has 0 aromatic heterocycles. The van der Waals surface area contributed by atoms with Crippen LogP contribution in [-0.4, -0.2) is 45.7 Å². The highest BCUT2D eigenvalue weighted by atomic mass is 16.5. The van der Waals surface area contributed by atoms with Gasteiger partial charge >= 0.3 is 5.97 Å². The smallest absolute Gasteiger partial charge is 0.302 e. The topological polar surface area (TPSA) is 87.0 Å². The van der Waals surface area contributed by atoms with Gasteiger partial charge in [0, 0.05) is 18.8 Å². The Bertz CT molecular complexity index is 740. The zero-order chi connectivity index (χ0) is 24.9. The minimum atomic E-state index is -1.15. The van der Waals surface area contributed by atoms with Crippen LogP contribution in [0.5, 0.6) is 0 Å². The van der Waals surface area contributed by atoms with E-state index < -0.39 is 17.8 Å². The fourth-order valence-corrected chi connectivity index (χ4v) is 9.57. The van der Waals surface area contributed by atoms with Gasteiger partial charge in [-0.05, 0) is 92.3 Å². The Balaban J connectivity index is 1.41. The van der Waals surface area contributed by atoms with Gasteiger partial charge in [-0.25, -0.2) is 0 Å². The Morgan fingerprint density at radius 1 is 1.03 bits per heavy atom. The molecule has 5 heteroatoms. The molecule has 1 unspecified atom stereocenters. The summed E-state index contributed by atoms with van der Waals surface area (Å²) in [7, 11) is 0. The van der Waals surface area contributed by atoms with Gasteiger partial charge in [-0.2, -0.15) is 0 Å². The zero-order valence-electron chi connectivity index (χ0n) is 22.3. The second-order valence-corrected chi connectivity index (χ2v) is 13.4. The fourth-order valence-electron chi connectivity index (χ4n) is 9.57. The quantitative estimate of drug-likeness (QED) is 0.443. The van der Waals surface area contributed by atoms with Crippen LogP contribution in [0.1, 0.15) is 105 Å². The first-order valence-corrected chi connectivity index (χ1v) is 14.1. The Hall–Kier alpha value is -0.650. The van der Waals surface area contributed by atoms with Crippen LogP contribution in [-0.2, 0) is 9.53 Å². The maximum absolute atomic E-state index is 11.6. The zero-order valence-corrected chi connectivity index (χ0v) is 22.3. The molecule has 0 heterocycles. The van der Waals surface area contributed by atoms with Crippen molar-refractivity contribution in [3.63, 3.8) is 0 Å². The van der Waals surface area contributed by atoms with Crippen molar-refractivity contribution >= 4 is 5.97 Å². The lowest BCUT2D eigenvalue weighted by Crippen LogP contribution is -2.68. The van der Waals surface area contributed by atoms with E-state index in [1.807, 2.05) is 0 Å². The van der Waals surface area contributed by atoms with Gasteiger partial charge in [0.05, 0.1) is 24.4 Å². The molecule has 4 rings (SSSR count). The van der Waals surface area contributed by atoms with Crippen LogP contribution in [0, 0.1) is 46.3 Å². The molecule has 11 atom stereocenters. The van der Waals surface area contributed by atoms with E-state index in [1.54, 1.807) is 0 Å². The molecule has 0 saturated heterocycles. The highest BCUT2D eigenvalue weighted by Crippen LogP contribution is 2.69. The average molecular weight is 479 g/mol. The summed E-state index contributed by atoms with van der Waals surface area (Å²) < 4.78 is 5.17. The van der Waals surface area contributed by atoms with E-state index in [0.29, 0.717) is 54.5 Å². The lowest BCUT2D eigenvalue weighted by molar-refractivity contribution is -0.264. The van der Waals surface area contributed by atoms with E-state index in [-0.39, 0.29) is 11.4 Å². The van der Waals surface area contributed by atoms with Crippen molar-refractivity contribution in [1.29, 1.82) is 0 Å². The number of aliphatic hydroxyl groups is 3. The highest BCUT2D eigenvalue weighted by Gasteiger charge is 2.67. The maximum Gasteiger partial charge on any atom is 0.302 e. The molecule has 0 aliphatic heterocycles. The monoisotopic (exact) mass is 478 g/mol. The third kappa shape index (κ3) is 4.36. The molecule has 0 aromatic rings. The molecule has 0 radical (unpaired) electrons. The second kappa shape index (κ2) is 9.67. The molecule has 34 heavy (non-hydrogen) atoms. The first-order valence-electron chi connectivity index (χ1n) is 14.1.